The Morgan fingerprint density at radius 2 is 1.67 bits per heavy atom. The second-order valence-electron chi connectivity index (χ2n) is 7.82. The van der Waals surface area contributed by atoms with Crippen LogP contribution in [0.3, 0.4) is 0 Å². The Morgan fingerprint density at radius 1 is 1.22 bits per heavy atom. The largest absolute Gasteiger partial charge is 0.396 e. The lowest BCUT2D eigenvalue weighted by molar-refractivity contribution is -0.125. The molecule has 1 atom stereocenters. The molecule has 1 aliphatic carbocycles. The van der Waals surface area contributed by atoms with Crippen LogP contribution in [0.15, 0.2) is 0 Å². The molecule has 0 aromatic rings. The zero-order valence-corrected chi connectivity index (χ0v) is 12.9. The molecule has 0 radical (unpaired) electrons. The van der Waals surface area contributed by atoms with Gasteiger partial charge in [-0.2, -0.15) is 0 Å². The molecule has 0 aromatic carbocycles. The molecule has 0 aliphatic heterocycles. The maximum Gasteiger partial charge on any atom is 0.224 e. The lowest BCUT2D eigenvalue weighted by Gasteiger charge is -2.31. The summed E-state index contributed by atoms with van der Waals surface area (Å²) >= 11 is 0. The highest BCUT2D eigenvalue weighted by molar-refractivity contribution is 5.84. The van der Waals surface area contributed by atoms with Gasteiger partial charge in [-0.1, -0.05) is 48.5 Å². The molecule has 1 saturated carbocycles. The molecule has 3 heteroatoms. The van der Waals surface area contributed by atoms with E-state index in [4.69, 9.17) is 5.11 Å². The summed E-state index contributed by atoms with van der Waals surface area (Å²) in [5.41, 5.74) is 0.110. The van der Waals surface area contributed by atoms with E-state index in [9.17, 15) is 4.79 Å². The van der Waals surface area contributed by atoms with Gasteiger partial charge in [-0.15, -0.1) is 0 Å². The molecular formula is C15H29NO2. The molecule has 0 bridgehead atoms. The van der Waals surface area contributed by atoms with Crippen LogP contribution < -0.4 is 5.32 Å². The van der Waals surface area contributed by atoms with Crippen LogP contribution in [-0.2, 0) is 4.79 Å². The fourth-order valence-electron chi connectivity index (χ4n) is 2.96. The van der Waals surface area contributed by atoms with Crippen molar-refractivity contribution >= 4 is 5.91 Å². The van der Waals surface area contributed by atoms with E-state index in [-0.39, 0.29) is 40.7 Å². The van der Waals surface area contributed by atoms with E-state index in [1.807, 2.05) is 0 Å². The monoisotopic (exact) mass is 255 g/mol. The fourth-order valence-corrected chi connectivity index (χ4v) is 2.96. The quantitative estimate of drug-likeness (QED) is 0.811. The van der Waals surface area contributed by atoms with Crippen LogP contribution in [0, 0.1) is 22.2 Å². The first kappa shape index (κ1) is 15.5. The van der Waals surface area contributed by atoms with Gasteiger partial charge in [-0.3, -0.25) is 4.79 Å². The molecule has 1 amide bonds. The molecule has 2 N–H and O–H groups in total. The fraction of sp³-hybridized carbons (Fsp3) is 0.933. The number of rotatable bonds is 4. The second-order valence-corrected chi connectivity index (χ2v) is 7.82. The first-order chi connectivity index (χ1) is 7.96. The third-order valence-corrected chi connectivity index (χ3v) is 5.06. The molecule has 0 saturated heterocycles. The minimum atomic E-state index is -0.0262. The van der Waals surface area contributed by atoms with E-state index in [0.29, 0.717) is 6.42 Å². The van der Waals surface area contributed by atoms with Crippen LogP contribution in [0.5, 0.6) is 0 Å². The predicted molar refractivity (Wildman–Crippen MR) is 74.1 cm³/mol. The van der Waals surface area contributed by atoms with E-state index in [1.165, 1.54) is 0 Å². The third kappa shape index (κ3) is 2.56. The van der Waals surface area contributed by atoms with Gasteiger partial charge in [0.1, 0.15) is 0 Å². The van der Waals surface area contributed by atoms with Gasteiger partial charge in [0, 0.05) is 18.6 Å². The van der Waals surface area contributed by atoms with Crippen molar-refractivity contribution < 1.29 is 9.90 Å². The first-order valence-corrected chi connectivity index (χ1v) is 6.87. The number of carbonyl (C=O) groups excluding carboxylic acids is 1. The number of carbonyl (C=O) groups is 1. The van der Waals surface area contributed by atoms with E-state index in [0.717, 1.165) is 0 Å². The molecule has 18 heavy (non-hydrogen) atoms. The molecular weight excluding hydrogens is 226 g/mol. The minimum Gasteiger partial charge on any atom is -0.396 e. The summed E-state index contributed by atoms with van der Waals surface area (Å²) in [7, 11) is 0. The van der Waals surface area contributed by atoms with Gasteiger partial charge in [-0.25, -0.2) is 0 Å². The molecule has 1 aliphatic rings. The third-order valence-electron chi connectivity index (χ3n) is 5.06. The molecule has 1 rings (SSSR count). The highest BCUT2D eigenvalue weighted by Crippen LogP contribution is 2.68. The Balaban J connectivity index is 2.70. The first-order valence-electron chi connectivity index (χ1n) is 6.87. The molecule has 0 aromatic heterocycles. The number of aliphatic hydroxyl groups excluding tert-OH is 1. The topological polar surface area (TPSA) is 49.3 Å². The predicted octanol–water partition coefficient (Wildman–Crippen LogP) is 2.58. The summed E-state index contributed by atoms with van der Waals surface area (Å²) < 4.78 is 0. The van der Waals surface area contributed by atoms with Crippen molar-refractivity contribution in [2.45, 2.75) is 60.9 Å². The maximum absolute atomic E-state index is 12.4. The molecule has 0 spiro atoms. The van der Waals surface area contributed by atoms with Crippen LogP contribution >= 0.6 is 0 Å². The number of hydrogen-bond donors (Lipinski definition) is 2. The van der Waals surface area contributed by atoms with Crippen LogP contribution in [0.4, 0.5) is 0 Å². The summed E-state index contributed by atoms with van der Waals surface area (Å²) in [5.74, 6) is 0.215. The van der Waals surface area contributed by atoms with Gasteiger partial charge in [0.25, 0.3) is 0 Å². The Hall–Kier alpha value is -0.570. The maximum atomic E-state index is 12.4. The van der Waals surface area contributed by atoms with E-state index in [2.05, 4.69) is 53.8 Å². The number of amides is 1. The molecule has 106 valence electrons. The number of hydrogen-bond acceptors (Lipinski definition) is 2. The van der Waals surface area contributed by atoms with Crippen molar-refractivity contribution in [3.63, 3.8) is 0 Å². The summed E-state index contributed by atoms with van der Waals surface area (Å²) in [4.78, 5) is 12.4. The summed E-state index contributed by atoms with van der Waals surface area (Å²) in [6.07, 6.45) is 0.614. The van der Waals surface area contributed by atoms with Gasteiger partial charge in [0.05, 0.1) is 0 Å². The van der Waals surface area contributed by atoms with Crippen molar-refractivity contribution in [1.29, 1.82) is 0 Å². The highest BCUT2D eigenvalue weighted by atomic mass is 16.3. The summed E-state index contributed by atoms with van der Waals surface area (Å²) in [5, 5.41) is 12.3. The zero-order valence-electron chi connectivity index (χ0n) is 12.9. The van der Waals surface area contributed by atoms with E-state index in [1.54, 1.807) is 0 Å². The average Bonchev–Trinajstić information content (AvgIpc) is 2.54. The number of aliphatic hydroxyl groups is 1. The lowest BCUT2D eigenvalue weighted by Crippen LogP contribution is -2.45. The summed E-state index contributed by atoms with van der Waals surface area (Å²) in [6, 6.07) is 0.0298. The molecule has 3 nitrogen and oxygen atoms in total. The Bertz CT molecular complexity index is 312. The molecule has 1 fully saturated rings. The zero-order chi connectivity index (χ0) is 14.4. The van der Waals surface area contributed by atoms with Crippen molar-refractivity contribution in [2.75, 3.05) is 6.61 Å². The minimum absolute atomic E-state index is 0.0262. The molecule has 0 heterocycles. The van der Waals surface area contributed by atoms with E-state index >= 15 is 0 Å². The van der Waals surface area contributed by atoms with Gasteiger partial charge in [0.2, 0.25) is 5.91 Å². The molecule has 1 unspecified atom stereocenters. The van der Waals surface area contributed by atoms with Gasteiger partial charge in [-0.05, 0) is 22.7 Å². The van der Waals surface area contributed by atoms with Gasteiger partial charge >= 0.3 is 0 Å². The second kappa shape index (κ2) is 4.52. The smallest absolute Gasteiger partial charge is 0.224 e. The standard InChI is InChI=1S/C15H29NO2/c1-13(2,3)10(8-9-17)16-12(18)11-14(4,5)15(11,6)7/h10-11,17H,8-9H2,1-7H3,(H,16,18). The number of nitrogens with one attached hydrogen (secondary N) is 1. The van der Waals surface area contributed by atoms with Crippen molar-refractivity contribution in [1.82, 2.24) is 5.32 Å². The normalized spacial score (nSPS) is 23.6. The Morgan fingerprint density at radius 3 is 1.94 bits per heavy atom. The average molecular weight is 255 g/mol. The van der Waals surface area contributed by atoms with Crippen LogP contribution in [0.25, 0.3) is 0 Å². The SMILES string of the molecule is CC(C)(C)C(CCO)NC(=O)C1C(C)(C)C1(C)C. The van der Waals surface area contributed by atoms with E-state index < -0.39 is 0 Å². The Kier molecular flexibility index (Phi) is 3.89. The van der Waals surface area contributed by atoms with Gasteiger partial charge < -0.3 is 10.4 Å². The van der Waals surface area contributed by atoms with Crippen LogP contribution in [0.2, 0.25) is 0 Å². The van der Waals surface area contributed by atoms with Crippen molar-refractivity contribution in [3.05, 3.63) is 0 Å². The van der Waals surface area contributed by atoms with Crippen LogP contribution in [-0.4, -0.2) is 23.7 Å². The summed E-state index contributed by atoms with van der Waals surface area (Å²) in [6.45, 7) is 15.0. The van der Waals surface area contributed by atoms with Crippen molar-refractivity contribution in [2.24, 2.45) is 22.2 Å². The van der Waals surface area contributed by atoms with Crippen molar-refractivity contribution in [3.8, 4) is 0 Å². The van der Waals surface area contributed by atoms with Gasteiger partial charge in [0.15, 0.2) is 0 Å². The highest BCUT2D eigenvalue weighted by Gasteiger charge is 2.68. The lowest BCUT2D eigenvalue weighted by atomic mass is 9.84. The Labute approximate surface area is 111 Å². The van der Waals surface area contributed by atoms with Crippen LogP contribution in [0.1, 0.15) is 54.9 Å².